The first-order valence-electron chi connectivity index (χ1n) is 11.3. The zero-order valence-electron chi connectivity index (χ0n) is 20.3. The number of hydrogen-bond donors (Lipinski definition) is 2. The molecule has 4 aromatic rings. The lowest BCUT2D eigenvalue weighted by atomic mass is 10.1. The summed E-state index contributed by atoms with van der Waals surface area (Å²) in [6.45, 7) is 1.29. The van der Waals surface area contributed by atoms with Gasteiger partial charge in [-0.25, -0.2) is 19.6 Å². The maximum absolute atomic E-state index is 12.4. The third kappa shape index (κ3) is 6.39. The van der Waals surface area contributed by atoms with E-state index in [0.29, 0.717) is 58.2 Å². The second kappa shape index (κ2) is 11.3. The quantitative estimate of drug-likeness (QED) is 0.279. The number of nitrogens with one attached hydrogen (secondary N) is 1. The van der Waals surface area contributed by atoms with Crippen LogP contribution in [0, 0.1) is 6.92 Å². The molecule has 10 nitrogen and oxygen atoms in total. The van der Waals surface area contributed by atoms with Gasteiger partial charge in [0.05, 0.1) is 24.2 Å². The second-order valence-corrected chi connectivity index (χ2v) is 8.57. The summed E-state index contributed by atoms with van der Waals surface area (Å²) in [6.07, 6.45) is 5.01. The van der Waals surface area contributed by atoms with E-state index in [4.69, 9.17) is 22.1 Å². The highest BCUT2D eigenvalue weighted by molar-refractivity contribution is 6.29. The van der Waals surface area contributed by atoms with Crippen molar-refractivity contribution in [2.45, 2.75) is 32.9 Å². The summed E-state index contributed by atoms with van der Waals surface area (Å²) in [6, 6.07) is 6.25. The first-order valence-corrected chi connectivity index (χ1v) is 11.7. The van der Waals surface area contributed by atoms with Gasteiger partial charge in [0.2, 0.25) is 5.88 Å². The fourth-order valence-corrected chi connectivity index (χ4v) is 3.85. The van der Waals surface area contributed by atoms with E-state index in [0.717, 1.165) is 5.69 Å². The van der Waals surface area contributed by atoms with Gasteiger partial charge >= 0.3 is 6.61 Å². The maximum Gasteiger partial charge on any atom is 0.387 e. The average molecular weight is 531 g/mol. The number of nitrogens with two attached hydrogens (primary N) is 1. The highest BCUT2D eigenvalue weighted by atomic mass is 35.5. The molecule has 0 fully saturated rings. The largest absolute Gasteiger partial charge is 0.477 e. The normalized spacial score (nSPS) is 12.0. The maximum atomic E-state index is 12.4. The minimum atomic E-state index is -2.92. The number of halogens is 3. The van der Waals surface area contributed by atoms with Crippen LogP contribution in [0.15, 0.2) is 42.9 Å². The highest BCUT2D eigenvalue weighted by Crippen LogP contribution is 2.32. The molecule has 13 heteroatoms. The Bertz CT molecular complexity index is 1370. The van der Waals surface area contributed by atoms with Crippen molar-refractivity contribution in [2.75, 3.05) is 17.7 Å². The van der Waals surface area contributed by atoms with Crippen LogP contribution in [-0.2, 0) is 7.05 Å². The monoisotopic (exact) mass is 530 g/mol. The van der Waals surface area contributed by atoms with E-state index in [1.807, 2.05) is 13.8 Å². The fraction of sp³-hybridized carbons (Fsp3) is 0.292. The van der Waals surface area contributed by atoms with Crippen molar-refractivity contribution >= 4 is 23.1 Å². The number of anilines is 2. The summed E-state index contributed by atoms with van der Waals surface area (Å²) < 4.78 is 37.0. The van der Waals surface area contributed by atoms with Crippen LogP contribution in [0.1, 0.15) is 19.0 Å². The Kier molecular flexibility index (Phi) is 7.97. The van der Waals surface area contributed by atoms with E-state index in [9.17, 15) is 8.78 Å². The smallest absolute Gasteiger partial charge is 0.387 e. The minimum Gasteiger partial charge on any atom is -0.477 e. The Balaban J connectivity index is 1.44. The van der Waals surface area contributed by atoms with E-state index < -0.39 is 6.61 Å². The van der Waals surface area contributed by atoms with Gasteiger partial charge in [-0.3, -0.25) is 4.98 Å². The van der Waals surface area contributed by atoms with Gasteiger partial charge in [-0.05, 0) is 38.1 Å². The van der Waals surface area contributed by atoms with Gasteiger partial charge in [0, 0.05) is 43.2 Å². The highest BCUT2D eigenvalue weighted by Gasteiger charge is 2.20. The number of ether oxygens (including phenoxy) is 2. The molecule has 0 aliphatic carbocycles. The van der Waals surface area contributed by atoms with Crippen LogP contribution in [0.4, 0.5) is 20.3 Å². The molecule has 0 aromatic carbocycles. The number of aryl methyl sites for hydroxylation is 2. The lowest BCUT2D eigenvalue weighted by Gasteiger charge is -2.18. The molecule has 3 N–H and O–H groups in total. The summed E-state index contributed by atoms with van der Waals surface area (Å²) in [4.78, 5) is 17.0. The molecule has 0 unspecified atom stereocenters. The summed E-state index contributed by atoms with van der Waals surface area (Å²) in [7, 11) is 1.79. The van der Waals surface area contributed by atoms with Crippen molar-refractivity contribution < 1.29 is 18.3 Å². The number of rotatable bonds is 10. The van der Waals surface area contributed by atoms with Crippen LogP contribution >= 0.6 is 11.6 Å². The Morgan fingerprint density at radius 2 is 1.97 bits per heavy atom. The molecule has 0 aliphatic rings. The molecule has 0 aliphatic heterocycles. The Hall–Kier alpha value is -4.06. The predicted octanol–water partition coefficient (Wildman–Crippen LogP) is 4.75. The summed E-state index contributed by atoms with van der Waals surface area (Å²) in [5.41, 5.74) is 9.10. The van der Waals surface area contributed by atoms with Crippen molar-refractivity contribution in [3.8, 4) is 34.3 Å². The minimum absolute atomic E-state index is 0.0333. The summed E-state index contributed by atoms with van der Waals surface area (Å²) >= 11 is 6.13. The average Bonchev–Trinajstić information content (AvgIpc) is 3.12. The van der Waals surface area contributed by atoms with E-state index in [1.54, 1.807) is 42.3 Å². The van der Waals surface area contributed by atoms with Crippen LogP contribution < -0.4 is 20.5 Å². The van der Waals surface area contributed by atoms with E-state index in [-0.39, 0.29) is 11.8 Å². The van der Waals surface area contributed by atoms with E-state index in [1.165, 1.54) is 12.3 Å². The SMILES string of the molecule is Cc1nn(C)c(OCC[C@H](C)Nc2cc(Cl)ncc2-c2ccc(OC(F)F)cn2)c1-c1nccc(N)n1. The van der Waals surface area contributed by atoms with Crippen molar-refractivity contribution in [1.29, 1.82) is 0 Å². The first-order chi connectivity index (χ1) is 17.7. The van der Waals surface area contributed by atoms with Crippen molar-refractivity contribution in [1.82, 2.24) is 29.7 Å². The number of hydrogen-bond acceptors (Lipinski definition) is 9. The lowest BCUT2D eigenvalue weighted by molar-refractivity contribution is -0.0500. The van der Waals surface area contributed by atoms with Crippen molar-refractivity contribution in [3.05, 3.63) is 53.7 Å². The van der Waals surface area contributed by atoms with Gasteiger partial charge in [0.15, 0.2) is 5.82 Å². The van der Waals surface area contributed by atoms with Crippen LogP contribution in [-0.4, -0.2) is 49.0 Å². The number of nitrogens with zero attached hydrogens (tertiary/aromatic N) is 6. The van der Waals surface area contributed by atoms with E-state index >= 15 is 0 Å². The number of nitrogen functional groups attached to an aromatic ring is 1. The predicted molar refractivity (Wildman–Crippen MR) is 136 cm³/mol. The molecule has 194 valence electrons. The third-order valence-electron chi connectivity index (χ3n) is 5.37. The zero-order chi connectivity index (χ0) is 26.5. The zero-order valence-corrected chi connectivity index (χ0v) is 21.1. The van der Waals surface area contributed by atoms with Gasteiger partial charge in [-0.15, -0.1) is 0 Å². The Morgan fingerprint density at radius 3 is 2.68 bits per heavy atom. The van der Waals surface area contributed by atoms with Crippen molar-refractivity contribution in [3.63, 3.8) is 0 Å². The molecule has 4 rings (SSSR count). The molecule has 0 spiro atoms. The molecule has 0 bridgehead atoms. The second-order valence-electron chi connectivity index (χ2n) is 8.19. The van der Waals surface area contributed by atoms with Crippen LogP contribution in [0.5, 0.6) is 11.6 Å². The molecule has 1 atom stereocenters. The Labute approximate surface area is 216 Å². The number of alkyl halides is 2. The van der Waals surface area contributed by atoms with Crippen molar-refractivity contribution in [2.24, 2.45) is 7.05 Å². The van der Waals surface area contributed by atoms with Crippen LogP contribution in [0.25, 0.3) is 22.6 Å². The summed E-state index contributed by atoms with van der Waals surface area (Å²) in [5, 5.41) is 8.13. The van der Waals surface area contributed by atoms with Gasteiger partial charge in [-0.1, -0.05) is 11.6 Å². The van der Waals surface area contributed by atoms with Gasteiger partial charge < -0.3 is 20.5 Å². The van der Waals surface area contributed by atoms with Crippen LogP contribution in [0.3, 0.4) is 0 Å². The Morgan fingerprint density at radius 1 is 1.16 bits per heavy atom. The van der Waals surface area contributed by atoms with Gasteiger partial charge in [-0.2, -0.15) is 13.9 Å². The lowest BCUT2D eigenvalue weighted by Crippen LogP contribution is -2.19. The molecule has 37 heavy (non-hydrogen) atoms. The first kappa shape index (κ1) is 26.0. The number of aromatic nitrogens is 6. The molecule has 0 saturated heterocycles. The topological polar surface area (TPSA) is 126 Å². The fourth-order valence-electron chi connectivity index (χ4n) is 3.69. The molecule has 0 radical (unpaired) electrons. The molecular formula is C24H25ClF2N8O2. The molecular weight excluding hydrogens is 506 g/mol. The molecule has 4 heterocycles. The number of pyridine rings is 2. The molecule has 4 aromatic heterocycles. The van der Waals surface area contributed by atoms with Crippen LogP contribution in [0.2, 0.25) is 5.15 Å². The molecule has 0 amide bonds. The van der Waals surface area contributed by atoms with Gasteiger partial charge in [0.1, 0.15) is 22.3 Å². The van der Waals surface area contributed by atoms with Gasteiger partial charge in [0.25, 0.3) is 0 Å². The molecule has 0 saturated carbocycles. The third-order valence-corrected chi connectivity index (χ3v) is 5.58. The summed E-state index contributed by atoms with van der Waals surface area (Å²) in [5.74, 6) is 1.31. The van der Waals surface area contributed by atoms with E-state index in [2.05, 4.69) is 35.1 Å². The standard InChI is InChI=1S/C24H25ClF2N8O2/c1-13(7-9-36-23-21(14(2)34-35(23)3)22-29-8-6-20(28)33-22)32-18-10-19(25)31-12-16(18)17-5-4-15(11-30-17)37-24(26)27/h4-6,8,10-13,24H,7,9H2,1-3H3,(H,31,32)(H2,28,29,33)/t13-/m0/s1.